The van der Waals surface area contributed by atoms with Crippen LogP contribution < -0.4 is 24.0 Å². The van der Waals surface area contributed by atoms with Crippen LogP contribution in [0.3, 0.4) is 0 Å². The second-order valence-electron chi connectivity index (χ2n) is 19.8. The number of Topliss-reactive ketones (excluding diaryl/α,β-unsaturated/α-hetero) is 3. The van der Waals surface area contributed by atoms with Gasteiger partial charge in [-0.25, -0.2) is 19.4 Å². The van der Waals surface area contributed by atoms with E-state index in [-0.39, 0.29) is 138 Å². The fourth-order valence-corrected chi connectivity index (χ4v) is 9.80. The third-order valence-electron chi connectivity index (χ3n) is 14.0. The van der Waals surface area contributed by atoms with Gasteiger partial charge in [0, 0.05) is 83.3 Å². The highest BCUT2D eigenvalue weighted by atomic mass is 16.6. The number of carbonyl (C=O) groups is 9. The molecule has 0 bridgehead atoms. The third-order valence-corrected chi connectivity index (χ3v) is 14.0. The molecular formula is C56H69N5O19. The zero-order valence-corrected chi connectivity index (χ0v) is 45.3. The molecule has 5 aliphatic heterocycles. The Bertz CT molecular complexity index is 2740. The lowest BCUT2D eigenvalue weighted by Crippen LogP contribution is -2.51. The van der Waals surface area contributed by atoms with Gasteiger partial charge in [0.2, 0.25) is 0 Å². The first-order valence-electron chi connectivity index (χ1n) is 26.5. The van der Waals surface area contributed by atoms with E-state index in [2.05, 4.69) is 13.2 Å². The second kappa shape index (κ2) is 28.1. The van der Waals surface area contributed by atoms with E-state index >= 15 is 0 Å². The summed E-state index contributed by atoms with van der Waals surface area (Å²) in [6.45, 7) is 10.0. The van der Waals surface area contributed by atoms with Gasteiger partial charge in [-0.05, 0) is 63.1 Å². The largest absolute Gasteiger partial charge is 0.493 e. The van der Waals surface area contributed by atoms with E-state index in [4.69, 9.17) is 37.9 Å². The maximum Gasteiger partial charge on any atom is 0.416 e. The summed E-state index contributed by atoms with van der Waals surface area (Å²) in [5.41, 5.74) is 2.10. The molecule has 24 nitrogen and oxygen atoms in total. The minimum absolute atomic E-state index is 0.00158. The minimum Gasteiger partial charge on any atom is -0.493 e. The van der Waals surface area contributed by atoms with Crippen LogP contribution in [0.2, 0.25) is 0 Å². The van der Waals surface area contributed by atoms with Crippen molar-refractivity contribution in [2.24, 2.45) is 0 Å². The molecule has 7 rings (SSSR count). The average Bonchev–Trinajstić information content (AvgIpc) is 4.12. The van der Waals surface area contributed by atoms with Crippen molar-refractivity contribution in [3.8, 4) is 17.2 Å². The number of ether oxygens (including phenoxy) is 8. The number of rotatable bonds is 29. The molecule has 0 aliphatic carbocycles. The van der Waals surface area contributed by atoms with Gasteiger partial charge in [-0.15, -0.1) is 0 Å². The van der Waals surface area contributed by atoms with Crippen molar-refractivity contribution in [3.63, 3.8) is 0 Å². The molecule has 432 valence electrons. The first-order valence-corrected chi connectivity index (χ1v) is 26.5. The van der Waals surface area contributed by atoms with Crippen LogP contribution in [-0.2, 0) is 47.7 Å². The third kappa shape index (κ3) is 14.6. The quantitative estimate of drug-likeness (QED) is 0.0662. The number of methoxy groups -OCH3 is 2. The standard InChI is InChI=1S/C56H69N5O19/c1-34-24-44-53(69)60(55(71)79-32-38(63)14-20-75-17-9-10-37(62)13-16-57-49(65)11-12-50(57)66)42-28-46(36(3)26-40(42)51(67)58(44)30-34)77-18-7-6-8-19-78-48-29-43-41(27-47(48)74-5)52(68)59-31-35(2)25-45(59)54(70)61(43)56(72)80-33-39(64)15-21-76-23-22-73-4/h11-12,26-29,44-45,53-54,69-70H,1-2,6-10,13-25,30-33H2,3-5H3/t44-,45-,53-,54-/m0/s1. The predicted molar refractivity (Wildman–Crippen MR) is 283 cm³/mol. The van der Waals surface area contributed by atoms with Gasteiger partial charge in [0.25, 0.3) is 23.6 Å². The Balaban J connectivity index is 0.923. The van der Waals surface area contributed by atoms with Crippen molar-refractivity contribution in [3.05, 3.63) is 77.4 Å². The number of hydrogen-bond acceptors (Lipinski definition) is 19. The van der Waals surface area contributed by atoms with E-state index < -0.39 is 85.1 Å². The highest BCUT2D eigenvalue weighted by Crippen LogP contribution is 2.43. The molecular weight excluding hydrogens is 1050 g/mol. The average molecular weight is 1120 g/mol. The van der Waals surface area contributed by atoms with Crippen LogP contribution in [0.5, 0.6) is 17.2 Å². The van der Waals surface area contributed by atoms with Crippen LogP contribution >= 0.6 is 0 Å². The van der Waals surface area contributed by atoms with Crippen molar-refractivity contribution in [2.75, 3.05) is 103 Å². The Hall–Kier alpha value is -7.51. The van der Waals surface area contributed by atoms with E-state index in [0.717, 1.165) is 26.9 Å². The molecule has 2 N–H and O–H groups in total. The van der Waals surface area contributed by atoms with Gasteiger partial charge in [-0.2, -0.15) is 0 Å². The van der Waals surface area contributed by atoms with E-state index in [1.807, 2.05) is 0 Å². The number of carbonyl (C=O) groups excluding carboxylic acids is 9. The summed E-state index contributed by atoms with van der Waals surface area (Å²) in [5.74, 6) is -2.20. The smallest absolute Gasteiger partial charge is 0.416 e. The molecule has 2 aromatic carbocycles. The number of ketones is 3. The van der Waals surface area contributed by atoms with E-state index in [0.29, 0.717) is 54.7 Å². The molecule has 2 fully saturated rings. The number of nitrogens with zero attached hydrogens (tertiary/aromatic N) is 5. The van der Waals surface area contributed by atoms with E-state index in [9.17, 15) is 53.4 Å². The topological polar surface area (TPSA) is 284 Å². The number of aliphatic hydroxyl groups excluding tert-OH is 2. The molecule has 2 saturated heterocycles. The van der Waals surface area contributed by atoms with Crippen molar-refractivity contribution in [2.45, 2.75) is 95.7 Å². The van der Waals surface area contributed by atoms with Crippen molar-refractivity contribution >= 4 is 64.5 Å². The van der Waals surface area contributed by atoms with E-state index in [1.54, 1.807) is 13.0 Å². The van der Waals surface area contributed by atoms with E-state index in [1.165, 1.54) is 42.2 Å². The van der Waals surface area contributed by atoms with Gasteiger partial charge in [0.15, 0.2) is 48.7 Å². The normalized spacial score (nSPS) is 19.4. The number of amides is 6. The van der Waals surface area contributed by atoms with Crippen molar-refractivity contribution < 1.29 is 91.3 Å². The predicted octanol–water partition coefficient (Wildman–Crippen LogP) is 3.99. The zero-order chi connectivity index (χ0) is 57.6. The number of imide groups is 1. The first kappa shape index (κ1) is 60.1. The zero-order valence-electron chi connectivity index (χ0n) is 45.3. The summed E-state index contributed by atoms with van der Waals surface area (Å²) in [6.07, 6.45) is -0.544. The Morgan fingerprint density at radius 2 is 1.09 bits per heavy atom. The number of anilines is 2. The highest BCUT2D eigenvalue weighted by molar-refractivity contribution is 6.13. The molecule has 4 atom stereocenters. The summed E-state index contributed by atoms with van der Waals surface area (Å²) in [4.78, 5) is 122. The molecule has 80 heavy (non-hydrogen) atoms. The van der Waals surface area contributed by atoms with Crippen LogP contribution in [0.1, 0.15) is 90.5 Å². The number of benzene rings is 2. The van der Waals surface area contributed by atoms with Crippen LogP contribution in [0.25, 0.3) is 0 Å². The summed E-state index contributed by atoms with van der Waals surface area (Å²) < 4.78 is 44.6. The Kier molecular flexibility index (Phi) is 21.1. The van der Waals surface area contributed by atoms with Crippen LogP contribution in [0.4, 0.5) is 21.0 Å². The lowest BCUT2D eigenvalue weighted by atomic mass is 10.1. The molecule has 5 heterocycles. The van der Waals surface area contributed by atoms with Gasteiger partial charge in [0.1, 0.15) is 11.5 Å². The van der Waals surface area contributed by atoms with Gasteiger partial charge in [0.05, 0.1) is 81.3 Å². The fraction of sp³-hybridized carbons (Fsp3) is 0.518. The van der Waals surface area contributed by atoms with Crippen molar-refractivity contribution in [1.29, 1.82) is 0 Å². The van der Waals surface area contributed by atoms with Gasteiger partial charge in [-0.3, -0.25) is 38.5 Å². The maximum atomic E-state index is 14.0. The monoisotopic (exact) mass is 1120 g/mol. The molecule has 0 unspecified atom stereocenters. The summed E-state index contributed by atoms with van der Waals surface area (Å²) in [6, 6.07) is 4.22. The second-order valence-corrected chi connectivity index (χ2v) is 19.8. The summed E-state index contributed by atoms with van der Waals surface area (Å²) in [5, 5.41) is 23.4. The molecule has 2 aromatic rings. The molecule has 24 heteroatoms. The number of fused-ring (bicyclic) bond motifs is 4. The molecule has 0 spiro atoms. The maximum absolute atomic E-state index is 14.0. The highest BCUT2D eigenvalue weighted by Gasteiger charge is 2.48. The van der Waals surface area contributed by atoms with Crippen LogP contribution in [0, 0.1) is 6.92 Å². The summed E-state index contributed by atoms with van der Waals surface area (Å²) >= 11 is 0. The van der Waals surface area contributed by atoms with Crippen LogP contribution in [-0.4, -0.2) is 196 Å². The van der Waals surface area contributed by atoms with Gasteiger partial charge >= 0.3 is 12.2 Å². The van der Waals surface area contributed by atoms with Gasteiger partial charge in [-0.1, -0.05) is 24.3 Å². The lowest BCUT2D eigenvalue weighted by Gasteiger charge is -2.31. The molecule has 0 radical (unpaired) electrons. The van der Waals surface area contributed by atoms with Crippen molar-refractivity contribution in [1.82, 2.24) is 14.7 Å². The fourth-order valence-electron chi connectivity index (χ4n) is 9.80. The number of aryl methyl sites for hydroxylation is 1. The summed E-state index contributed by atoms with van der Waals surface area (Å²) in [7, 11) is 2.92. The molecule has 0 aromatic heterocycles. The Morgan fingerprint density at radius 3 is 1.62 bits per heavy atom. The van der Waals surface area contributed by atoms with Gasteiger partial charge < -0.3 is 57.9 Å². The molecule has 0 saturated carbocycles. The SMILES string of the molecule is C=C1C[C@H]2[C@H](O)N(C(=O)OCC(=O)CCOCCCC(=O)CCN3C(=O)C=CC3=O)c3cc(OCCCCCOc4cc5c(cc4OC)C(=O)N4CC(=C)C[C@H]4[C@H](O)N5C(=O)OCC(=O)CCOCCOC)c(C)cc3C(=O)N2C1. The Morgan fingerprint density at radius 1 is 0.575 bits per heavy atom. The number of hydrogen-bond donors (Lipinski definition) is 2. The lowest BCUT2D eigenvalue weighted by molar-refractivity contribution is -0.137. The number of unbranched alkanes of at least 4 members (excludes halogenated alkanes) is 2. The molecule has 6 amide bonds. The number of aliphatic hydroxyl groups is 2. The van der Waals surface area contributed by atoms with Crippen LogP contribution in [0.15, 0.2) is 60.7 Å². The molecule has 5 aliphatic rings. The first-order chi connectivity index (χ1) is 38.4. The minimum atomic E-state index is -1.58. The Labute approximate surface area is 462 Å².